The quantitative estimate of drug-likeness (QED) is 0.694. The SMILES string of the molecule is OC1CCCC=C1c1ccccc1. The molecule has 0 saturated heterocycles. The molecule has 1 aromatic rings. The normalized spacial score (nSPS) is 22.5. The molecule has 1 unspecified atom stereocenters. The van der Waals surface area contributed by atoms with Crippen LogP contribution in [0.5, 0.6) is 0 Å². The molecule has 0 spiro atoms. The van der Waals surface area contributed by atoms with Crippen LogP contribution in [-0.4, -0.2) is 11.2 Å². The van der Waals surface area contributed by atoms with Gasteiger partial charge in [-0.3, -0.25) is 0 Å². The smallest absolute Gasteiger partial charge is 0.0792 e. The Kier molecular flexibility index (Phi) is 2.46. The average Bonchev–Trinajstić information content (AvgIpc) is 2.20. The molecule has 1 N–H and O–H groups in total. The first-order valence-electron chi connectivity index (χ1n) is 4.81. The highest BCUT2D eigenvalue weighted by molar-refractivity contribution is 5.69. The van der Waals surface area contributed by atoms with Crippen LogP contribution in [0.3, 0.4) is 0 Å². The minimum absolute atomic E-state index is 0.254. The first-order chi connectivity index (χ1) is 6.38. The zero-order valence-electron chi connectivity index (χ0n) is 7.61. The Bertz CT molecular complexity index is 300. The highest BCUT2D eigenvalue weighted by Crippen LogP contribution is 2.26. The first-order valence-corrected chi connectivity index (χ1v) is 4.81. The van der Waals surface area contributed by atoms with E-state index in [9.17, 15) is 5.11 Å². The fourth-order valence-corrected chi connectivity index (χ4v) is 1.80. The van der Waals surface area contributed by atoms with E-state index in [2.05, 4.69) is 18.2 Å². The van der Waals surface area contributed by atoms with Crippen molar-refractivity contribution in [2.45, 2.75) is 25.4 Å². The summed E-state index contributed by atoms with van der Waals surface area (Å²) in [5.41, 5.74) is 2.27. The second kappa shape index (κ2) is 3.75. The molecule has 0 amide bonds. The lowest BCUT2D eigenvalue weighted by atomic mass is 9.91. The van der Waals surface area contributed by atoms with Gasteiger partial charge in [-0.2, -0.15) is 0 Å². The summed E-state index contributed by atoms with van der Waals surface area (Å²) in [4.78, 5) is 0. The van der Waals surface area contributed by atoms with Crippen LogP contribution in [0.1, 0.15) is 24.8 Å². The van der Waals surface area contributed by atoms with Crippen molar-refractivity contribution in [3.05, 3.63) is 42.0 Å². The third kappa shape index (κ3) is 1.81. The van der Waals surface area contributed by atoms with Gasteiger partial charge in [0, 0.05) is 0 Å². The number of hydrogen-bond donors (Lipinski definition) is 1. The summed E-state index contributed by atoms with van der Waals surface area (Å²) in [5.74, 6) is 0. The second-order valence-corrected chi connectivity index (χ2v) is 3.47. The van der Waals surface area contributed by atoms with E-state index < -0.39 is 0 Å². The first kappa shape index (κ1) is 8.52. The standard InChI is InChI=1S/C12H14O/c13-12-9-5-4-8-11(12)10-6-2-1-3-7-10/h1-3,6-8,12-13H,4-5,9H2. The molecular weight excluding hydrogens is 160 g/mol. The van der Waals surface area contributed by atoms with Gasteiger partial charge in [-0.05, 0) is 30.4 Å². The van der Waals surface area contributed by atoms with E-state index in [1.54, 1.807) is 0 Å². The molecule has 1 atom stereocenters. The minimum Gasteiger partial charge on any atom is -0.388 e. The Hall–Kier alpha value is -1.08. The topological polar surface area (TPSA) is 20.2 Å². The molecule has 1 heteroatoms. The molecule has 2 rings (SSSR count). The summed E-state index contributed by atoms with van der Waals surface area (Å²) in [7, 11) is 0. The van der Waals surface area contributed by atoms with Gasteiger partial charge in [0.2, 0.25) is 0 Å². The Balaban J connectivity index is 2.30. The van der Waals surface area contributed by atoms with Crippen LogP contribution in [0.4, 0.5) is 0 Å². The molecule has 1 nitrogen and oxygen atoms in total. The largest absolute Gasteiger partial charge is 0.388 e. The molecule has 0 bridgehead atoms. The molecular formula is C12H14O. The molecule has 1 aliphatic rings. The lowest BCUT2D eigenvalue weighted by Gasteiger charge is -2.19. The van der Waals surface area contributed by atoms with E-state index in [0.717, 1.165) is 30.4 Å². The molecule has 0 radical (unpaired) electrons. The van der Waals surface area contributed by atoms with Gasteiger partial charge < -0.3 is 5.11 Å². The van der Waals surface area contributed by atoms with Crippen molar-refractivity contribution in [1.29, 1.82) is 0 Å². The lowest BCUT2D eigenvalue weighted by molar-refractivity contribution is 0.214. The van der Waals surface area contributed by atoms with Crippen LogP contribution < -0.4 is 0 Å². The summed E-state index contributed by atoms with van der Waals surface area (Å²) in [6, 6.07) is 10.1. The summed E-state index contributed by atoms with van der Waals surface area (Å²) >= 11 is 0. The van der Waals surface area contributed by atoms with Gasteiger partial charge in [-0.1, -0.05) is 36.4 Å². The van der Waals surface area contributed by atoms with Crippen LogP contribution in [-0.2, 0) is 0 Å². The summed E-state index contributed by atoms with van der Waals surface area (Å²) < 4.78 is 0. The second-order valence-electron chi connectivity index (χ2n) is 3.47. The molecule has 0 heterocycles. The number of benzene rings is 1. The Morgan fingerprint density at radius 2 is 1.92 bits per heavy atom. The van der Waals surface area contributed by atoms with E-state index in [1.807, 2.05) is 18.2 Å². The van der Waals surface area contributed by atoms with E-state index in [0.29, 0.717) is 0 Å². The van der Waals surface area contributed by atoms with E-state index in [4.69, 9.17) is 0 Å². The average molecular weight is 174 g/mol. The van der Waals surface area contributed by atoms with Crippen molar-refractivity contribution in [2.75, 3.05) is 0 Å². The van der Waals surface area contributed by atoms with Crippen LogP contribution >= 0.6 is 0 Å². The van der Waals surface area contributed by atoms with Crippen molar-refractivity contribution in [3.8, 4) is 0 Å². The zero-order chi connectivity index (χ0) is 9.10. The number of aliphatic hydroxyl groups excluding tert-OH is 1. The summed E-state index contributed by atoms with van der Waals surface area (Å²) in [5, 5.41) is 9.75. The predicted molar refractivity (Wildman–Crippen MR) is 54.3 cm³/mol. The van der Waals surface area contributed by atoms with E-state index >= 15 is 0 Å². The molecule has 1 aliphatic carbocycles. The van der Waals surface area contributed by atoms with Crippen molar-refractivity contribution in [2.24, 2.45) is 0 Å². The fraction of sp³-hybridized carbons (Fsp3) is 0.333. The van der Waals surface area contributed by atoms with Crippen LogP contribution in [0.15, 0.2) is 36.4 Å². The van der Waals surface area contributed by atoms with Gasteiger partial charge in [0.05, 0.1) is 6.10 Å². The maximum atomic E-state index is 9.75. The van der Waals surface area contributed by atoms with Crippen LogP contribution in [0, 0.1) is 0 Å². The molecule has 1 aromatic carbocycles. The Labute approximate surface area is 78.7 Å². The maximum Gasteiger partial charge on any atom is 0.0792 e. The number of rotatable bonds is 1. The maximum absolute atomic E-state index is 9.75. The highest BCUT2D eigenvalue weighted by Gasteiger charge is 2.15. The van der Waals surface area contributed by atoms with Gasteiger partial charge in [0.25, 0.3) is 0 Å². The molecule has 0 fully saturated rings. The van der Waals surface area contributed by atoms with Gasteiger partial charge in [-0.15, -0.1) is 0 Å². The third-order valence-electron chi connectivity index (χ3n) is 2.51. The molecule has 0 aromatic heterocycles. The predicted octanol–water partition coefficient (Wildman–Crippen LogP) is 2.61. The number of aliphatic hydroxyl groups is 1. The minimum atomic E-state index is -0.254. The fourth-order valence-electron chi connectivity index (χ4n) is 1.80. The van der Waals surface area contributed by atoms with Crippen molar-refractivity contribution < 1.29 is 5.11 Å². The zero-order valence-corrected chi connectivity index (χ0v) is 7.61. The lowest BCUT2D eigenvalue weighted by Crippen LogP contribution is -2.12. The van der Waals surface area contributed by atoms with Crippen molar-refractivity contribution in [1.82, 2.24) is 0 Å². The van der Waals surface area contributed by atoms with Gasteiger partial charge in [0.15, 0.2) is 0 Å². The highest BCUT2D eigenvalue weighted by atomic mass is 16.3. The Morgan fingerprint density at radius 1 is 1.15 bits per heavy atom. The number of hydrogen-bond acceptors (Lipinski definition) is 1. The molecule has 68 valence electrons. The van der Waals surface area contributed by atoms with E-state index in [1.165, 1.54) is 0 Å². The van der Waals surface area contributed by atoms with Gasteiger partial charge in [0.1, 0.15) is 0 Å². The van der Waals surface area contributed by atoms with Crippen LogP contribution in [0.25, 0.3) is 5.57 Å². The molecule has 0 saturated carbocycles. The van der Waals surface area contributed by atoms with E-state index in [-0.39, 0.29) is 6.10 Å². The molecule has 0 aliphatic heterocycles. The van der Waals surface area contributed by atoms with Crippen molar-refractivity contribution >= 4 is 5.57 Å². The summed E-state index contributed by atoms with van der Waals surface area (Å²) in [6.45, 7) is 0. The van der Waals surface area contributed by atoms with Crippen LogP contribution in [0.2, 0.25) is 0 Å². The summed E-state index contributed by atoms with van der Waals surface area (Å²) in [6.07, 6.45) is 5.01. The van der Waals surface area contributed by atoms with Gasteiger partial charge >= 0.3 is 0 Å². The number of allylic oxidation sites excluding steroid dienone is 1. The molecule has 13 heavy (non-hydrogen) atoms. The monoisotopic (exact) mass is 174 g/mol. The van der Waals surface area contributed by atoms with Crippen molar-refractivity contribution in [3.63, 3.8) is 0 Å². The third-order valence-corrected chi connectivity index (χ3v) is 2.51. The Morgan fingerprint density at radius 3 is 2.62 bits per heavy atom. The van der Waals surface area contributed by atoms with Gasteiger partial charge in [-0.25, -0.2) is 0 Å².